The molecule has 2 rings (SSSR count). The van der Waals surface area contributed by atoms with Crippen molar-refractivity contribution in [3.8, 4) is 5.75 Å². The minimum absolute atomic E-state index is 0.369. The molecule has 0 aliphatic rings. The fraction of sp³-hybridized carbons (Fsp3) is 0.263. The summed E-state index contributed by atoms with van der Waals surface area (Å²) in [6.07, 6.45) is 2.51. The second kappa shape index (κ2) is 8.68. The highest BCUT2D eigenvalue weighted by Gasteiger charge is 2.22. The van der Waals surface area contributed by atoms with Crippen molar-refractivity contribution >= 4 is 27.8 Å². The lowest BCUT2D eigenvalue weighted by Crippen LogP contribution is -2.39. The first-order valence-electron chi connectivity index (χ1n) is 8.23. The molecule has 0 aromatic heterocycles. The van der Waals surface area contributed by atoms with Gasteiger partial charge in [0.05, 0.1) is 25.3 Å². The number of carbonyl (C=O) groups is 1. The maximum atomic E-state index is 12.3. The number of methoxy groups -OCH3 is 1. The van der Waals surface area contributed by atoms with Crippen LogP contribution in [-0.2, 0) is 14.8 Å². The third-order valence-electron chi connectivity index (χ3n) is 4.06. The number of hydrogen-bond donors (Lipinski definition) is 1. The number of carbonyl (C=O) groups excluding carboxylic acids is 1. The third-order valence-corrected chi connectivity index (χ3v) is 5.19. The number of rotatable bonds is 7. The van der Waals surface area contributed by atoms with E-state index in [0.717, 1.165) is 21.7 Å². The van der Waals surface area contributed by atoms with E-state index in [4.69, 9.17) is 4.74 Å². The maximum Gasteiger partial charge on any atom is 0.260 e. The molecule has 1 amide bonds. The first-order valence-corrected chi connectivity index (χ1v) is 10.1. The average molecular weight is 389 g/mol. The van der Waals surface area contributed by atoms with E-state index in [0.29, 0.717) is 17.0 Å². The molecule has 0 unspecified atom stereocenters. The van der Waals surface area contributed by atoms with Crippen LogP contribution in [0.1, 0.15) is 16.7 Å². The number of aryl methyl sites for hydroxylation is 1. The first kappa shape index (κ1) is 20.4. The Morgan fingerprint density at radius 2 is 1.89 bits per heavy atom. The number of hydrogen-bond acceptors (Lipinski definition) is 5. The van der Waals surface area contributed by atoms with Gasteiger partial charge in [-0.1, -0.05) is 24.3 Å². The van der Waals surface area contributed by atoms with Crippen molar-refractivity contribution in [1.82, 2.24) is 5.43 Å². The Kier molecular flexibility index (Phi) is 6.57. The van der Waals surface area contributed by atoms with Crippen LogP contribution in [0.5, 0.6) is 5.75 Å². The lowest BCUT2D eigenvalue weighted by Gasteiger charge is -2.23. The molecule has 0 aliphatic heterocycles. The summed E-state index contributed by atoms with van der Waals surface area (Å²) in [5.41, 5.74) is 5.26. The Morgan fingerprint density at radius 3 is 2.56 bits per heavy atom. The molecule has 0 radical (unpaired) electrons. The van der Waals surface area contributed by atoms with E-state index in [2.05, 4.69) is 10.5 Å². The Morgan fingerprint density at radius 1 is 1.19 bits per heavy atom. The molecule has 0 fully saturated rings. The third kappa shape index (κ3) is 5.30. The fourth-order valence-corrected chi connectivity index (χ4v) is 3.41. The van der Waals surface area contributed by atoms with Gasteiger partial charge in [-0.05, 0) is 43.2 Å². The summed E-state index contributed by atoms with van der Waals surface area (Å²) in [7, 11) is -2.10. The quantitative estimate of drug-likeness (QED) is 0.581. The van der Waals surface area contributed by atoms with Gasteiger partial charge in [-0.15, -0.1) is 0 Å². The van der Waals surface area contributed by atoms with Gasteiger partial charge in [-0.2, -0.15) is 5.10 Å². The number of ether oxygens (including phenoxy) is 1. The Hall–Kier alpha value is -2.87. The highest BCUT2D eigenvalue weighted by molar-refractivity contribution is 7.92. The van der Waals surface area contributed by atoms with E-state index in [1.165, 1.54) is 6.21 Å². The topological polar surface area (TPSA) is 88.1 Å². The standard InChI is InChI=1S/C19H23N3O4S/c1-14-8-7-10-17(15(14)2)22(27(4,24)25)13-19(23)21-20-12-16-9-5-6-11-18(16)26-3/h5-12H,13H2,1-4H3,(H,21,23)/b20-12-. The van der Waals surface area contributed by atoms with Crippen molar-refractivity contribution in [3.63, 3.8) is 0 Å². The molecule has 0 spiro atoms. The maximum absolute atomic E-state index is 12.3. The number of amides is 1. The summed E-state index contributed by atoms with van der Waals surface area (Å²) >= 11 is 0. The van der Waals surface area contributed by atoms with Crippen molar-refractivity contribution in [2.24, 2.45) is 5.10 Å². The van der Waals surface area contributed by atoms with Crippen molar-refractivity contribution in [3.05, 3.63) is 59.2 Å². The van der Waals surface area contributed by atoms with Gasteiger partial charge in [0, 0.05) is 5.56 Å². The molecule has 2 aromatic rings. The molecule has 0 atom stereocenters. The zero-order valence-electron chi connectivity index (χ0n) is 15.8. The molecule has 8 heteroatoms. The van der Waals surface area contributed by atoms with Gasteiger partial charge in [0.1, 0.15) is 12.3 Å². The van der Waals surface area contributed by atoms with Crippen molar-refractivity contribution in [2.75, 3.05) is 24.2 Å². The molecule has 0 saturated heterocycles. The molecule has 27 heavy (non-hydrogen) atoms. The van der Waals surface area contributed by atoms with Crippen molar-refractivity contribution in [1.29, 1.82) is 0 Å². The van der Waals surface area contributed by atoms with E-state index in [-0.39, 0.29) is 6.54 Å². The molecule has 2 aromatic carbocycles. The second-order valence-corrected chi connectivity index (χ2v) is 7.93. The van der Waals surface area contributed by atoms with Crippen LogP contribution in [0.3, 0.4) is 0 Å². The van der Waals surface area contributed by atoms with Crippen LogP contribution in [0, 0.1) is 13.8 Å². The molecule has 0 aliphatic carbocycles. The molecule has 144 valence electrons. The number of anilines is 1. The highest BCUT2D eigenvalue weighted by atomic mass is 32.2. The Labute approximate surface area is 159 Å². The van der Waals surface area contributed by atoms with Gasteiger partial charge in [-0.3, -0.25) is 9.10 Å². The summed E-state index contributed by atoms with van der Waals surface area (Å²) < 4.78 is 30.7. The van der Waals surface area contributed by atoms with Crippen LogP contribution < -0.4 is 14.5 Å². The van der Waals surface area contributed by atoms with Gasteiger partial charge >= 0.3 is 0 Å². The van der Waals surface area contributed by atoms with Crippen molar-refractivity contribution < 1.29 is 17.9 Å². The predicted molar refractivity (Wildman–Crippen MR) is 107 cm³/mol. The van der Waals surface area contributed by atoms with Crippen molar-refractivity contribution in [2.45, 2.75) is 13.8 Å². The fourth-order valence-electron chi connectivity index (χ4n) is 2.50. The summed E-state index contributed by atoms with van der Waals surface area (Å²) in [4.78, 5) is 12.3. The first-order chi connectivity index (χ1) is 12.7. The minimum atomic E-state index is -3.64. The normalized spacial score (nSPS) is 11.4. The number of hydrazone groups is 1. The smallest absolute Gasteiger partial charge is 0.260 e. The Bertz CT molecular complexity index is 955. The van der Waals surface area contributed by atoms with Gasteiger partial charge in [0.2, 0.25) is 10.0 Å². The number of sulfonamides is 1. The van der Waals surface area contributed by atoms with E-state index in [9.17, 15) is 13.2 Å². The second-order valence-electron chi connectivity index (χ2n) is 6.02. The summed E-state index contributed by atoms with van der Waals surface area (Å²) in [5.74, 6) is 0.0659. The Balaban J connectivity index is 2.15. The van der Waals surface area contributed by atoms with E-state index in [1.54, 1.807) is 31.4 Å². The average Bonchev–Trinajstić information content (AvgIpc) is 2.62. The van der Waals surface area contributed by atoms with Crippen LogP contribution in [0.2, 0.25) is 0 Å². The van der Waals surface area contributed by atoms with Crippen LogP contribution in [-0.4, -0.2) is 40.4 Å². The monoisotopic (exact) mass is 389 g/mol. The number of benzene rings is 2. The summed E-state index contributed by atoms with van der Waals surface area (Å²) in [6.45, 7) is 3.34. The number of para-hydroxylation sites is 1. The molecular weight excluding hydrogens is 366 g/mol. The van der Waals surface area contributed by atoms with Gasteiger partial charge in [0.15, 0.2) is 0 Å². The van der Waals surface area contributed by atoms with Gasteiger partial charge < -0.3 is 4.74 Å². The zero-order chi connectivity index (χ0) is 20.0. The minimum Gasteiger partial charge on any atom is -0.496 e. The molecule has 0 bridgehead atoms. The molecule has 7 nitrogen and oxygen atoms in total. The largest absolute Gasteiger partial charge is 0.496 e. The summed E-state index contributed by atoms with van der Waals surface area (Å²) in [5, 5.41) is 3.89. The molecule has 1 N–H and O–H groups in total. The highest BCUT2D eigenvalue weighted by Crippen LogP contribution is 2.24. The number of nitrogens with one attached hydrogen (secondary N) is 1. The molecule has 0 saturated carbocycles. The van der Waals surface area contributed by atoms with Gasteiger partial charge in [-0.25, -0.2) is 13.8 Å². The van der Waals surface area contributed by atoms with Gasteiger partial charge in [0.25, 0.3) is 5.91 Å². The zero-order valence-corrected chi connectivity index (χ0v) is 16.6. The lowest BCUT2D eigenvalue weighted by molar-refractivity contribution is -0.119. The van der Waals surface area contributed by atoms with Crippen LogP contribution in [0.25, 0.3) is 0 Å². The van der Waals surface area contributed by atoms with E-state index in [1.807, 2.05) is 32.0 Å². The molecular formula is C19H23N3O4S. The van der Waals surface area contributed by atoms with Crippen LogP contribution >= 0.6 is 0 Å². The van der Waals surface area contributed by atoms with Crippen LogP contribution in [0.4, 0.5) is 5.69 Å². The predicted octanol–water partition coefficient (Wildman–Crippen LogP) is 2.23. The van der Waals surface area contributed by atoms with Crippen LogP contribution in [0.15, 0.2) is 47.6 Å². The number of nitrogens with zero attached hydrogens (tertiary/aromatic N) is 2. The summed E-state index contributed by atoms with van der Waals surface area (Å²) in [6, 6.07) is 12.5. The van der Waals surface area contributed by atoms with E-state index >= 15 is 0 Å². The SMILES string of the molecule is COc1ccccc1/C=N\NC(=O)CN(c1cccc(C)c1C)S(C)(=O)=O. The molecule has 0 heterocycles. The lowest BCUT2D eigenvalue weighted by atomic mass is 10.1. The van der Waals surface area contributed by atoms with E-state index < -0.39 is 15.9 Å².